The van der Waals surface area contributed by atoms with Crippen molar-refractivity contribution >= 4 is 57.0 Å². The van der Waals surface area contributed by atoms with Crippen molar-refractivity contribution in [1.29, 1.82) is 0 Å². The Morgan fingerprint density at radius 3 is 2.61 bits per heavy atom. The van der Waals surface area contributed by atoms with Crippen LogP contribution >= 0.6 is 23.4 Å². The van der Waals surface area contributed by atoms with E-state index in [1.807, 2.05) is 31.2 Å². The lowest BCUT2D eigenvalue weighted by Gasteiger charge is -2.13. The first kappa shape index (κ1) is 21.6. The molecule has 4 aromatic rings. The summed E-state index contributed by atoms with van der Waals surface area (Å²) in [5.74, 6) is -0.145. The second-order valence-corrected chi connectivity index (χ2v) is 9.46. The van der Waals surface area contributed by atoms with E-state index in [0.29, 0.717) is 15.1 Å². The Balaban J connectivity index is 1.51. The van der Waals surface area contributed by atoms with Crippen LogP contribution in [0.3, 0.4) is 0 Å². The van der Waals surface area contributed by atoms with Crippen LogP contribution in [-0.4, -0.2) is 15.6 Å². The molecule has 1 aliphatic heterocycles. The van der Waals surface area contributed by atoms with Gasteiger partial charge in [0.1, 0.15) is 0 Å². The molecular formula is C27H22ClN3OS. The second-order valence-electron chi connectivity index (χ2n) is 8.03. The molecule has 2 heterocycles. The molecular weight excluding hydrogens is 450 g/mol. The Kier molecular flexibility index (Phi) is 5.60. The second kappa shape index (κ2) is 8.58. The first-order chi connectivity index (χ1) is 15.9. The monoisotopic (exact) mass is 471 g/mol. The van der Waals surface area contributed by atoms with Crippen molar-refractivity contribution in [2.24, 2.45) is 4.99 Å². The number of aromatic nitrogens is 1. The Morgan fingerprint density at radius 1 is 1.00 bits per heavy atom. The van der Waals surface area contributed by atoms with Crippen molar-refractivity contribution in [2.45, 2.75) is 20.8 Å². The Morgan fingerprint density at radius 2 is 1.76 bits per heavy atom. The summed E-state index contributed by atoms with van der Waals surface area (Å²) in [7, 11) is 0. The average molecular weight is 472 g/mol. The van der Waals surface area contributed by atoms with Crippen LogP contribution in [0.15, 0.2) is 76.6 Å². The molecule has 1 N–H and O–H groups in total. The van der Waals surface area contributed by atoms with Gasteiger partial charge in [0.05, 0.1) is 16.3 Å². The van der Waals surface area contributed by atoms with Crippen molar-refractivity contribution in [1.82, 2.24) is 9.88 Å². The molecule has 0 unspecified atom stereocenters. The zero-order valence-electron chi connectivity index (χ0n) is 18.5. The van der Waals surface area contributed by atoms with Crippen molar-refractivity contribution < 1.29 is 4.79 Å². The molecule has 33 heavy (non-hydrogen) atoms. The van der Waals surface area contributed by atoms with Crippen LogP contribution in [0.4, 0.5) is 5.69 Å². The van der Waals surface area contributed by atoms with Gasteiger partial charge in [-0.25, -0.2) is 4.99 Å². The molecule has 1 amide bonds. The molecule has 0 bridgehead atoms. The van der Waals surface area contributed by atoms with Crippen molar-refractivity contribution in [3.8, 4) is 5.69 Å². The van der Waals surface area contributed by atoms with E-state index < -0.39 is 0 Å². The molecule has 0 saturated carbocycles. The highest BCUT2D eigenvalue weighted by Gasteiger charge is 2.25. The number of thioether (sulfide) groups is 1. The van der Waals surface area contributed by atoms with Crippen LogP contribution in [0.5, 0.6) is 0 Å². The summed E-state index contributed by atoms with van der Waals surface area (Å²) < 4.78 is 2.25. The summed E-state index contributed by atoms with van der Waals surface area (Å²) in [5, 5.41) is 6.48. The highest BCUT2D eigenvalue weighted by molar-refractivity contribution is 8.18. The molecule has 164 valence electrons. The van der Waals surface area contributed by atoms with Gasteiger partial charge in [-0.3, -0.25) is 4.79 Å². The van der Waals surface area contributed by atoms with Gasteiger partial charge >= 0.3 is 0 Å². The van der Waals surface area contributed by atoms with Gasteiger partial charge in [-0.15, -0.1) is 0 Å². The number of nitrogens with one attached hydrogen (secondary N) is 1. The molecule has 3 aromatic carbocycles. The lowest BCUT2D eigenvalue weighted by Crippen LogP contribution is -2.19. The largest absolute Gasteiger partial charge is 0.317 e. The minimum absolute atomic E-state index is 0.145. The normalized spacial score (nSPS) is 16.2. The predicted octanol–water partition coefficient (Wildman–Crippen LogP) is 7.10. The van der Waals surface area contributed by atoms with Gasteiger partial charge in [0.2, 0.25) is 0 Å². The van der Waals surface area contributed by atoms with Crippen LogP contribution in [0.25, 0.3) is 22.5 Å². The average Bonchev–Trinajstić information content (AvgIpc) is 3.29. The molecule has 1 saturated heterocycles. The summed E-state index contributed by atoms with van der Waals surface area (Å²) in [6.07, 6.45) is 1.94. The number of rotatable bonds is 3. The molecule has 1 fully saturated rings. The number of fused-ring (bicyclic) bond motifs is 1. The van der Waals surface area contributed by atoms with Crippen molar-refractivity contribution in [3.05, 3.63) is 99.2 Å². The van der Waals surface area contributed by atoms with Gasteiger partial charge in [-0.2, -0.15) is 0 Å². The van der Waals surface area contributed by atoms with Crippen LogP contribution in [-0.2, 0) is 4.79 Å². The number of aliphatic imine (C=N–C) groups is 1. The molecule has 0 aliphatic carbocycles. The third-order valence-electron chi connectivity index (χ3n) is 5.88. The van der Waals surface area contributed by atoms with Gasteiger partial charge < -0.3 is 9.88 Å². The van der Waals surface area contributed by atoms with Crippen LogP contribution < -0.4 is 5.32 Å². The van der Waals surface area contributed by atoms with E-state index in [-0.39, 0.29) is 5.91 Å². The van der Waals surface area contributed by atoms with Gasteiger partial charge in [0.25, 0.3) is 5.91 Å². The molecule has 5 rings (SSSR count). The molecule has 0 atom stereocenters. The van der Waals surface area contributed by atoms with E-state index in [1.165, 1.54) is 22.5 Å². The molecule has 4 nitrogen and oxygen atoms in total. The van der Waals surface area contributed by atoms with Crippen molar-refractivity contribution in [2.75, 3.05) is 0 Å². The molecule has 1 aliphatic rings. The molecule has 0 spiro atoms. The number of amides is 1. The molecule has 6 heteroatoms. The first-order valence-corrected chi connectivity index (χ1v) is 11.8. The van der Waals surface area contributed by atoms with Gasteiger partial charge in [0.15, 0.2) is 5.17 Å². The maximum absolute atomic E-state index is 12.7. The summed E-state index contributed by atoms with van der Waals surface area (Å²) >= 11 is 7.55. The number of halogens is 1. The third-order valence-corrected chi connectivity index (χ3v) is 7.20. The minimum atomic E-state index is -0.145. The fraction of sp³-hybridized carbons (Fsp3) is 0.111. The smallest absolute Gasteiger partial charge is 0.264 e. The number of carbonyl (C=O) groups excluding carboxylic acids is 1. The Bertz CT molecular complexity index is 1480. The highest BCUT2D eigenvalue weighted by Crippen LogP contribution is 2.33. The topological polar surface area (TPSA) is 46.4 Å². The van der Waals surface area contributed by atoms with Crippen LogP contribution in [0.2, 0.25) is 5.02 Å². The van der Waals surface area contributed by atoms with E-state index in [2.05, 4.69) is 77.3 Å². The maximum Gasteiger partial charge on any atom is 0.264 e. The zero-order chi connectivity index (χ0) is 23.1. The predicted molar refractivity (Wildman–Crippen MR) is 140 cm³/mol. The fourth-order valence-corrected chi connectivity index (χ4v) is 5.15. The Labute approximate surface area is 202 Å². The standard InChI is InChI=1S/C27H22ClN3OS/c1-16-14-20(18(3)31(16)24-13-6-9-19-8-4-5-10-21(19)24)15-25-26(32)30-27(33-25)29-23-12-7-11-22(28)17(23)2/h4-15H,1-3H3,(H,29,30,32)/b25-15+. The van der Waals surface area contributed by atoms with Crippen molar-refractivity contribution in [3.63, 3.8) is 0 Å². The van der Waals surface area contributed by atoms with Gasteiger partial charge in [-0.05, 0) is 79.4 Å². The van der Waals surface area contributed by atoms with Gasteiger partial charge in [-0.1, -0.05) is 54.1 Å². The highest BCUT2D eigenvalue weighted by atomic mass is 35.5. The number of nitrogens with zero attached hydrogens (tertiary/aromatic N) is 2. The summed E-state index contributed by atoms with van der Waals surface area (Å²) in [4.78, 5) is 17.9. The Hall–Kier alpha value is -3.28. The van der Waals surface area contributed by atoms with E-state index in [4.69, 9.17) is 11.6 Å². The summed E-state index contributed by atoms with van der Waals surface area (Å²) in [6.45, 7) is 6.10. The van der Waals surface area contributed by atoms with Crippen LogP contribution in [0.1, 0.15) is 22.5 Å². The SMILES string of the molecule is Cc1c(Cl)cccc1N=C1NC(=O)/C(=C\c2cc(C)n(-c3cccc4ccccc34)c2C)S1. The quantitative estimate of drug-likeness (QED) is 0.324. The number of benzene rings is 3. The van der Waals surface area contributed by atoms with Gasteiger partial charge in [0, 0.05) is 21.8 Å². The minimum Gasteiger partial charge on any atom is -0.317 e. The number of hydrogen-bond donors (Lipinski definition) is 1. The van der Waals surface area contributed by atoms with E-state index in [0.717, 1.165) is 33.9 Å². The fourth-order valence-electron chi connectivity index (χ4n) is 4.16. The van der Waals surface area contributed by atoms with E-state index in [1.54, 1.807) is 0 Å². The number of aryl methyl sites for hydroxylation is 1. The zero-order valence-corrected chi connectivity index (χ0v) is 20.1. The lowest BCUT2D eigenvalue weighted by molar-refractivity contribution is -0.115. The lowest BCUT2D eigenvalue weighted by atomic mass is 10.1. The molecule has 0 radical (unpaired) electrons. The third kappa shape index (κ3) is 3.99. The number of carbonyl (C=O) groups is 1. The first-order valence-electron chi connectivity index (χ1n) is 10.6. The number of amidine groups is 1. The number of hydrogen-bond acceptors (Lipinski definition) is 3. The summed E-state index contributed by atoms with van der Waals surface area (Å²) in [6, 6.07) is 22.4. The van der Waals surface area contributed by atoms with Crippen LogP contribution in [0, 0.1) is 20.8 Å². The van der Waals surface area contributed by atoms with E-state index >= 15 is 0 Å². The maximum atomic E-state index is 12.7. The van der Waals surface area contributed by atoms with E-state index in [9.17, 15) is 4.79 Å². The molecule has 1 aromatic heterocycles. The summed E-state index contributed by atoms with van der Waals surface area (Å²) in [5.41, 5.74) is 5.98.